The minimum atomic E-state index is -3.01. The van der Waals surface area contributed by atoms with E-state index in [0.717, 1.165) is 0 Å². The predicted molar refractivity (Wildman–Crippen MR) is 43.0 cm³/mol. The van der Waals surface area contributed by atoms with E-state index >= 15 is 0 Å². The Labute approximate surface area is 71.7 Å². The van der Waals surface area contributed by atoms with Gasteiger partial charge in [-0.2, -0.15) is 5.26 Å². The summed E-state index contributed by atoms with van der Waals surface area (Å²) in [4.78, 5) is 0. The van der Waals surface area contributed by atoms with E-state index in [2.05, 4.69) is 0 Å². The maximum atomic E-state index is 11.1. The largest absolute Gasteiger partial charge is 0.392 e. The molecule has 68 valence electrons. The van der Waals surface area contributed by atoms with Crippen LogP contribution in [0.4, 0.5) is 0 Å². The minimum Gasteiger partial charge on any atom is -0.392 e. The van der Waals surface area contributed by atoms with Gasteiger partial charge in [-0.15, -0.1) is 0 Å². The maximum absolute atomic E-state index is 11.1. The molecule has 5 heteroatoms. The van der Waals surface area contributed by atoms with Crippen molar-refractivity contribution in [2.45, 2.75) is 18.9 Å². The number of hydrogen-bond acceptors (Lipinski definition) is 4. The van der Waals surface area contributed by atoms with Gasteiger partial charge in [0.05, 0.1) is 29.6 Å². The second-order valence-electron chi connectivity index (χ2n) is 3.03. The summed E-state index contributed by atoms with van der Waals surface area (Å²) in [5.74, 6) is -0.475. The van der Waals surface area contributed by atoms with E-state index in [0.29, 0.717) is 0 Å². The highest BCUT2D eigenvalue weighted by atomic mass is 32.2. The fourth-order valence-electron chi connectivity index (χ4n) is 1.25. The predicted octanol–water partition coefficient (Wildman–Crippen LogP) is -0.304. The van der Waals surface area contributed by atoms with E-state index in [9.17, 15) is 13.5 Å². The summed E-state index contributed by atoms with van der Waals surface area (Å²) in [6.45, 7) is 0. The molecule has 0 bridgehead atoms. The summed E-state index contributed by atoms with van der Waals surface area (Å²) >= 11 is 0. The molecule has 0 aromatic heterocycles. The number of aliphatic hydroxyl groups excluding tert-OH is 1. The van der Waals surface area contributed by atoms with Gasteiger partial charge in [-0.05, 0) is 12.8 Å². The van der Waals surface area contributed by atoms with Gasteiger partial charge in [0.1, 0.15) is 9.84 Å². The third-order valence-corrected chi connectivity index (χ3v) is 3.81. The van der Waals surface area contributed by atoms with E-state index in [1.807, 2.05) is 6.07 Å². The van der Waals surface area contributed by atoms with E-state index < -0.39 is 21.9 Å². The topological polar surface area (TPSA) is 78.2 Å². The Bertz CT molecular complexity index is 290. The summed E-state index contributed by atoms with van der Waals surface area (Å²) in [6, 6.07) is 1.92. The Hall–Kier alpha value is -0.600. The van der Waals surface area contributed by atoms with Crippen molar-refractivity contribution < 1.29 is 13.5 Å². The van der Waals surface area contributed by atoms with E-state index in [4.69, 9.17) is 5.26 Å². The molecule has 1 rings (SSSR count). The zero-order valence-corrected chi connectivity index (χ0v) is 7.42. The Kier molecular flexibility index (Phi) is 2.70. The average Bonchev–Trinajstić information content (AvgIpc) is 2.13. The van der Waals surface area contributed by atoms with Crippen LogP contribution in [0.15, 0.2) is 0 Å². The average molecular weight is 189 g/mol. The van der Waals surface area contributed by atoms with Crippen LogP contribution in [-0.4, -0.2) is 31.1 Å². The standard InChI is InChI=1S/C7H11NO3S/c8-5-6-1-3-12(10,11)4-2-7(6)9/h6-7,9H,1-4H2. The van der Waals surface area contributed by atoms with Crippen LogP contribution < -0.4 is 0 Å². The van der Waals surface area contributed by atoms with Crippen LogP contribution in [0.1, 0.15) is 12.8 Å². The van der Waals surface area contributed by atoms with Crippen LogP contribution in [0.5, 0.6) is 0 Å². The lowest BCUT2D eigenvalue weighted by Gasteiger charge is -2.09. The molecule has 1 N–H and O–H groups in total. The summed E-state index contributed by atoms with van der Waals surface area (Å²) < 4.78 is 22.1. The first-order chi connectivity index (χ1) is 5.55. The van der Waals surface area contributed by atoms with Gasteiger partial charge < -0.3 is 5.11 Å². The van der Waals surface area contributed by atoms with Crippen LogP contribution >= 0.6 is 0 Å². The van der Waals surface area contributed by atoms with Gasteiger partial charge in [-0.3, -0.25) is 0 Å². The minimum absolute atomic E-state index is 0.00630. The number of hydrogen-bond donors (Lipinski definition) is 1. The lowest BCUT2D eigenvalue weighted by atomic mass is 10.00. The fraction of sp³-hybridized carbons (Fsp3) is 0.857. The highest BCUT2D eigenvalue weighted by Gasteiger charge is 2.27. The lowest BCUT2D eigenvalue weighted by molar-refractivity contribution is 0.130. The van der Waals surface area contributed by atoms with E-state index in [1.54, 1.807) is 0 Å². The molecule has 0 saturated carbocycles. The molecule has 1 heterocycles. The van der Waals surface area contributed by atoms with Gasteiger partial charge in [0.25, 0.3) is 0 Å². The molecule has 0 aromatic rings. The van der Waals surface area contributed by atoms with Crippen molar-refractivity contribution in [1.82, 2.24) is 0 Å². The molecule has 2 unspecified atom stereocenters. The third-order valence-electron chi connectivity index (χ3n) is 2.09. The first-order valence-corrected chi connectivity index (χ1v) is 5.65. The van der Waals surface area contributed by atoms with Crippen LogP contribution in [0.2, 0.25) is 0 Å². The highest BCUT2D eigenvalue weighted by molar-refractivity contribution is 7.91. The molecule has 0 amide bonds. The van der Waals surface area contributed by atoms with Crippen molar-refractivity contribution in [3.05, 3.63) is 0 Å². The van der Waals surface area contributed by atoms with Crippen molar-refractivity contribution in [3.8, 4) is 6.07 Å². The molecule has 4 nitrogen and oxygen atoms in total. The summed E-state index contributed by atoms with van der Waals surface area (Å²) in [5.41, 5.74) is 0. The molecule has 0 aromatic carbocycles. The second kappa shape index (κ2) is 3.42. The molecule has 12 heavy (non-hydrogen) atoms. The van der Waals surface area contributed by atoms with Gasteiger partial charge in [0.15, 0.2) is 0 Å². The quantitative estimate of drug-likeness (QED) is 0.567. The van der Waals surface area contributed by atoms with Crippen molar-refractivity contribution in [2.75, 3.05) is 11.5 Å². The second-order valence-corrected chi connectivity index (χ2v) is 5.34. The SMILES string of the molecule is N#CC1CCS(=O)(=O)CCC1O. The first-order valence-electron chi connectivity index (χ1n) is 3.83. The van der Waals surface area contributed by atoms with Crippen molar-refractivity contribution in [2.24, 2.45) is 5.92 Å². The Balaban J connectivity index is 2.73. The van der Waals surface area contributed by atoms with Gasteiger partial charge >= 0.3 is 0 Å². The summed E-state index contributed by atoms with van der Waals surface area (Å²) in [7, 11) is -3.01. The first kappa shape index (κ1) is 9.49. The molecule has 0 spiro atoms. The lowest BCUT2D eigenvalue weighted by Crippen LogP contribution is -2.17. The van der Waals surface area contributed by atoms with Crippen molar-refractivity contribution in [1.29, 1.82) is 5.26 Å². The molecule has 0 aliphatic carbocycles. The van der Waals surface area contributed by atoms with Crippen LogP contribution in [0.3, 0.4) is 0 Å². The number of nitriles is 1. The Morgan fingerprint density at radius 3 is 2.50 bits per heavy atom. The smallest absolute Gasteiger partial charge is 0.150 e. The van der Waals surface area contributed by atoms with E-state index in [-0.39, 0.29) is 24.3 Å². The summed E-state index contributed by atoms with van der Waals surface area (Å²) in [5, 5.41) is 17.8. The molecular formula is C7H11NO3S. The molecule has 1 fully saturated rings. The van der Waals surface area contributed by atoms with E-state index in [1.165, 1.54) is 0 Å². The Morgan fingerprint density at radius 2 is 1.92 bits per heavy atom. The zero-order chi connectivity index (χ0) is 9.19. The molecule has 1 aliphatic rings. The van der Waals surface area contributed by atoms with Gasteiger partial charge in [0.2, 0.25) is 0 Å². The summed E-state index contributed by atoms with van der Waals surface area (Å²) in [6.07, 6.45) is -0.312. The number of sulfone groups is 1. The third kappa shape index (κ3) is 2.19. The maximum Gasteiger partial charge on any atom is 0.150 e. The van der Waals surface area contributed by atoms with Crippen LogP contribution in [-0.2, 0) is 9.84 Å². The number of nitrogens with zero attached hydrogens (tertiary/aromatic N) is 1. The monoisotopic (exact) mass is 189 g/mol. The van der Waals surface area contributed by atoms with Crippen LogP contribution in [0.25, 0.3) is 0 Å². The van der Waals surface area contributed by atoms with Gasteiger partial charge in [-0.25, -0.2) is 8.42 Å². The molecule has 1 aliphatic heterocycles. The van der Waals surface area contributed by atoms with Gasteiger partial charge in [0, 0.05) is 0 Å². The Morgan fingerprint density at radius 1 is 1.33 bits per heavy atom. The normalized spacial score (nSPS) is 35.0. The molecule has 0 radical (unpaired) electrons. The molecular weight excluding hydrogens is 178 g/mol. The van der Waals surface area contributed by atoms with Crippen molar-refractivity contribution >= 4 is 9.84 Å². The van der Waals surface area contributed by atoms with Crippen LogP contribution in [0, 0.1) is 17.2 Å². The zero-order valence-electron chi connectivity index (χ0n) is 6.60. The molecule has 2 atom stereocenters. The molecule has 1 saturated heterocycles. The van der Waals surface area contributed by atoms with Gasteiger partial charge in [-0.1, -0.05) is 0 Å². The highest BCUT2D eigenvalue weighted by Crippen LogP contribution is 2.18. The fourth-order valence-corrected chi connectivity index (χ4v) is 2.67. The number of aliphatic hydroxyl groups is 1. The number of rotatable bonds is 0. The van der Waals surface area contributed by atoms with Crippen molar-refractivity contribution in [3.63, 3.8) is 0 Å².